The number of hydrogen-bond donors (Lipinski definition) is 1. The fourth-order valence-electron chi connectivity index (χ4n) is 2.36. The summed E-state index contributed by atoms with van der Waals surface area (Å²) in [6.45, 7) is 1.67. The van der Waals surface area contributed by atoms with Crippen molar-refractivity contribution >= 4 is 17.7 Å². The molecule has 1 aromatic heterocycles. The molecule has 4 nitrogen and oxygen atoms in total. The van der Waals surface area contributed by atoms with Crippen LogP contribution in [0.5, 0.6) is 0 Å². The first-order valence-electron chi connectivity index (χ1n) is 8.00. The van der Waals surface area contributed by atoms with Crippen molar-refractivity contribution in [1.29, 1.82) is 0 Å². The Morgan fingerprint density at radius 3 is 2.67 bits per heavy atom. The normalized spacial score (nSPS) is 11.6. The molecule has 0 saturated heterocycles. The first kappa shape index (κ1) is 18.4. The molecule has 2 rings (SSSR count). The van der Waals surface area contributed by atoms with E-state index in [1.165, 1.54) is 17.8 Å². The molecule has 0 amide bonds. The highest BCUT2D eigenvalue weighted by Gasteiger charge is 2.07. The third kappa shape index (κ3) is 5.60. The van der Waals surface area contributed by atoms with Gasteiger partial charge in [-0.3, -0.25) is 4.99 Å². The number of hydrogen-bond acceptors (Lipinski definition) is 2. The molecule has 0 unspecified atom stereocenters. The van der Waals surface area contributed by atoms with Crippen molar-refractivity contribution in [2.75, 3.05) is 26.4 Å². The summed E-state index contributed by atoms with van der Waals surface area (Å²) in [5.41, 5.74) is 1.24. The lowest BCUT2D eigenvalue weighted by molar-refractivity contribution is 0.462. The quantitative estimate of drug-likeness (QED) is 0.360. The van der Waals surface area contributed by atoms with E-state index in [2.05, 4.69) is 25.8 Å². The lowest BCUT2D eigenvalue weighted by Gasteiger charge is -2.22. The summed E-state index contributed by atoms with van der Waals surface area (Å²) in [7, 11) is 5.89. The summed E-state index contributed by atoms with van der Waals surface area (Å²) in [4.78, 5) is 7.55. The number of guanidine groups is 1. The molecule has 2 aromatic rings. The topological polar surface area (TPSA) is 32.6 Å². The number of nitrogens with one attached hydrogen (secondary N) is 1. The van der Waals surface area contributed by atoms with E-state index in [1.54, 1.807) is 18.8 Å². The van der Waals surface area contributed by atoms with E-state index < -0.39 is 0 Å². The van der Waals surface area contributed by atoms with Gasteiger partial charge in [-0.15, -0.1) is 11.8 Å². The minimum Gasteiger partial charge on any atom is -0.356 e. The van der Waals surface area contributed by atoms with E-state index in [9.17, 15) is 4.39 Å². The van der Waals surface area contributed by atoms with E-state index in [-0.39, 0.29) is 5.82 Å². The maximum Gasteiger partial charge on any atom is 0.193 e. The lowest BCUT2D eigenvalue weighted by Crippen LogP contribution is -2.39. The zero-order chi connectivity index (χ0) is 17.4. The van der Waals surface area contributed by atoms with Crippen molar-refractivity contribution in [3.8, 4) is 0 Å². The van der Waals surface area contributed by atoms with Crippen LogP contribution in [0.15, 0.2) is 52.5 Å². The molecule has 6 heteroatoms. The zero-order valence-electron chi connectivity index (χ0n) is 14.5. The molecule has 130 valence electrons. The van der Waals surface area contributed by atoms with Gasteiger partial charge in [0.05, 0.1) is 6.54 Å². The molecule has 1 aromatic carbocycles. The Morgan fingerprint density at radius 1 is 1.29 bits per heavy atom. The van der Waals surface area contributed by atoms with Crippen molar-refractivity contribution < 1.29 is 4.39 Å². The van der Waals surface area contributed by atoms with Gasteiger partial charge in [-0.05, 0) is 48.6 Å². The van der Waals surface area contributed by atoms with Gasteiger partial charge in [0.25, 0.3) is 0 Å². The fourth-order valence-corrected chi connectivity index (χ4v) is 3.21. The van der Waals surface area contributed by atoms with Crippen LogP contribution in [0.2, 0.25) is 0 Å². The van der Waals surface area contributed by atoms with Crippen LogP contribution in [0.3, 0.4) is 0 Å². The second-order valence-electron chi connectivity index (χ2n) is 5.60. The van der Waals surface area contributed by atoms with Gasteiger partial charge in [-0.25, -0.2) is 4.39 Å². The molecule has 1 heterocycles. The molecule has 0 aliphatic carbocycles. The van der Waals surface area contributed by atoms with E-state index in [0.29, 0.717) is 0 Å². The molecule has 0 atom stereocenters. The average molecular weight is 348 g/mol. The Balaban J connectivity index is 1.69. The Kier molecular flexibility index (Phi) is 7.18. The number of halogens is 1. The first-order valence-corrected chi connectivity index (χ1v) is 8.99. The molecular formula is C18H25FN4S. The molecule has 0 spiro atoms. The molecule has 0 saturated carbocycles. The van der Waals surface area contributed by atoms with Crippen LogP contribution >= 0.6 is 11.8 Å². The third-order valence-electron chi connectivity index (χ3n) is 3.71. The summed E-state index contributed by atoms with van der Waals surface area (Å²) in [6.07, 6.45) is 3.06. The standard InChI is InChI=1S/C18H25FN4S/c1-20-18(23(3)14-16-6-4-12-22(16)2)21-11-5-13-24-17-9-7-15(19)8-10-17/h4,6-10,12H,5,11,13-14H2,1-3H3,(H,20,21). The van der Waals surface area contributed by atoms with Crippen LogP contribution in [0.25, 0.3) is 0 Å². The number of aromatic nitrogens is 1. The zero-order valence-corrected chi connectivity index (χ0v) is 15.3. The van der Waals surface area contributed by atoms with Crippen LogP contribution in [0, 0.1) is 5.82 Å². The average Bonchev–Trinajstić information content (AvgIpc) is 2.97. The fraction of sp³-hybridized carbons (Fsp3) is 0.389. The number of thioether (sulfide) groups is 1. The van der Waals surface area contributed by atoms with E-state index in [1.807, 2.05) is 38.5 Å². The Bertz CT molecular complexity index is 651. The molecule has 24 heavy (non-hydrogen) atoms. The van der Waals surface area contributed by atoms with Crippen molar-refractivity contribution in [3.05, 3.63) is 54.1 Å². The summed E-state index contributed by atoms with van der Waals surface area (Å²) >= 11 is 1.74. The largest absolute Gasteiger partial charge is 0.356 e. The smallest absolute Gasteiger partial charge is 0.193 e. The molecular weight excluding hydrogens is 323 g/mol. The van der Waals surface area contributed by atoms with Gasteiger partial charge in [0.2, 0.25) is 0 Å². The van der Waals surface area contributed by atoms with Gasteiger partial charge in [-0.2, -0.15) is 0 Å². The van der Waals surface area contributed by atoms with Gasteiger partial charge < -0.3 is 14.8 Å². The predicted molar refractivity (Wildman–Crippen MR) is 100.0 cm³/mol. The van der Waals surface area contributed by atoms with E-state index in [0.717, 1.165) is 36.1 Å². The van der Waals surface area contributed by atoms with Crippen LogP contribution in [0.1, 0.15) is 12.1 Å². The SMILES string of the molecule is CN=C(NCCCSc1ccc(F)cc1)N(C)Cc1cccn1C. The highest BCUT2D eigenvalue weighted by atomic mass is 32.2. The molecule has 1 N–H and O–H groups in total. The Hall–Kier alpha value is -1.95. The third-order valence-corrected chi connectivity index (χ3v) is 4.81. The minimum atomic E-state index is -0.189. The Morgan fingerprint density at radius 2 is 2.04 bits per heavy atom. The van der Waals surface area contributed by atoms with Crippen molar-refractivity contribution in [3.63, 3.8) is 0 Å². The minimum absolute atomic E-state index is 0.189. The number of rotatable bonds is 7. The van der Waals surface area contributed by atoms with Crippen molar-refractivity contribution in [2.45, 2.75) is 17.9 Å². The van der Waals surface area contributed by atoms with Gasteiger partial charge >= 0.3 is 0 Å². The number of aryl methyl sites for hydroxylation is 1. The molecule has 0 aliphatic rings. The summed E-state index contributed by atoms with van der Waals surface area (Å²) in [5.74, 6) is 1.69. The van der Waals surface area contributed by atoms with Gasteiger partial charge in [0.1, 0.15) is 5.82 Å². The van der Waals surface area contributed by atoms with Gasteiger partial charge in [0, 0.05) is 44.5 Å². The molecule has 0 radical (unpaired) electrons. The first-order chi connectivity index (χ1) is 11.6. The van der Waals surface area contributed by atoms with Crippen molar-refractivity contribution in [2.24, 2.45) is 12.0 Å². The Labute approximate surface area is 147 Å². The van der Waals surface area contributed by atoms with Crippen LogP contribution < -0.4 is 5.32 Å². The van der Waals surface area contributed by atoms with Crippen LogP contribution in [-0.4, -0.2) is 41.8 Å². The van der Waals surface area contributed by atoms with E-state index >= 15 is 0 Å². The summed E-state index contributed by atoms with van der Waals surface area (Å²) in [5, 5.41) is 3.39. The monoisotopic (exact) mass is 348 g/mol. The van der Waals surface area contributed by atoms with Crippen LogP contribution in [0.4, 0.5) is 4.39 Å². The number of benzene rings is 1. The second-order valence-corrected chi connectivity index (χ2v) is 6.76. The molecule has 0 fully saturated rings. The maximum atomic E-state index is 12.9. The van der Waals surface area contributed by atoms with E-state index in [4.69, 9.17) is 0 Å². The lowest BCUT2D eigenvalue weighted by atomic mass is 10.4. The van der Waals surface area contributed by atoms with Crippen LogP contribution in [-0.2, 0) is 13.6 Å². The van der Waals surface area contributed by atoms with Gasteiger partial charge in [-0.1, -0.05) is 0 Å². The maximum absolute atomic E-state index is 12.9. The summed E-state index contributed by atoms with van der Waals surface area (Å²) < 4.78 is 15.0. The number of nitrogens with zero attached hydrogens (tertiary/aromatic N) is 3. The van der Waals surface area contributed by atoms with Crippen molar-refractivity contribution in [1.82, 2.24) is 14.8 Å². The second kappa shape index (κ2) is 9.37. The number of aliphatic imine (C=N–C) groups is 1. The van der Waals surface area contributed by atoms with Gasteiger partial charge in [0.15, 0.2) is 5.96 Å². The highest BCUT2D eigenvalue weighted by Crippen LogP contribution is 2.18. The summed E-state index contributed by atoms with van der Waals surface area (Å²) in [6, 6.07) is 10.8. The molecule has 0 bridgehead atoms. The molecule has 0 aliphatic heterocycles. The predicted octanol–water partition coefficient (Wildman–Crippen LogP) is 3.35. The highest BCUT2D eigenvalue weighted by molar-refractivity contribution is 7.99.